The molecule has 0 saturated carbocycles. The summed E-state index contributed by atoms with van der Waals surface area (Å²) in [6.45, 7) is 0. The molecule has 1 aromatic carbocycles. The van der Waals surface area contributed by atoms with Crippen molar-refractivity contribution in [3.8, 4) is 5.75 Å². The van der Waals surface area contributed by atoms with Crippen LogP contribution >= 0.6 is 26.6 Å². The molecule has 0 aliphatic rings. The van der Waals surface area contributed by atoms with E-state index in [0.717, 1.165) is 4.47 Å². The summed E-state index contributed by atoms with van der Waals surface area (Å²) in [5, 5.41) is 0. The Bertz CT molecular complexity index is 316. The SMILES string of the molecule is COc1ccc(Br)cc1[S@](=O)Cl. The first-order valence-electron chi connectivity index (χ1n) is 3.06. The molecule has 0 heterocycles. The molecule has 0 bridgehead atoms. The standard InChI is InChI=1S/C7H6BrClO2S/c1-11-6-3-2-5(8)4-7(6)12(9)10/h2-4H,1H3/t12-/m0/s1. The monoisotopic (exact) mass is 268 g/mol. The molecule has 5 heteroatoms. The number of ether oxygens (including phenoxy) is 1. The van der Waals surface area contributed by atoms with Crippen molar-refractivity contribution in [3.05, 3.63) is 22.7 Å². The summed E-state index contributed by atoms with van der Waals surface area (Å²) in [7, 11) is 5.41. The lowest BCUT2D eigenvalue weighted by Gasteiger charge is -2.04. The maximum atomic E-state index is 11.0. The number of methoxy groups -OCH3 is 1. The third-order valence-corrected chi connectivity index (χ3v) is 2.96. The van der Waals surface area contributed by atoms with Crippen molar-refractivity contribution >= 4 is 36.6 Å². The summed E-state index contributed by atoms with van der Waals surface area (Å²) < 4.78 is 16.7. The van der Waals surface area contributed by atoms with E-state index in [4.69, 9.17) is 15.4 Å². The second kappa shape index (κ2) is 4.25. The van der Waals surface area contributed by atoms with Gasteiger partial charge in [-0.3, -0.25) is 0 Å². The van der Waals surface area contributed by atoms with Gasteiger partial charge in [-0.15, -0.1) is 0 Å². The molecule has 0 radical (unpaired) electrons. The number of rotatable bonds is 2. The minimum atomic E-state index is -1.53. The van der Waals surface area contributed by atoms with Gasteiger partial charge in [-0.25, -0.2) is 4.21 Å². The molecular formula is C7H6BrClO2S. The highest BCUT2D eigenvalue weighted by molar-refractivity contribution is 9.10. The minimum Gasteiger partial charge on any atom is -0.495 e. The Morgan fingerprint density at radius 1 is 1.58 bits per heavy atom. The normalized spacial score (nSPS) is 12.6. The van der Waals surface area contributed by atoms with Crippen LogP contribution in [0.15, 0.2) is 27.6 Å². The van der Waals surface area contributed by atoms with Crippen LogP contribution in [0.3, 0.4) is 0 Å². The predicted molar refractivity (Wildman–Crippen MR) is 53.0 cm³/mol. The Hall–Kier alpha value is -0.0600. The van der Waals surface area contributed by atoms with E-state index >= 15 is 0 Å². The molecular weight excluding hydrogens is 263 g/mol. The number of hydrogen-bond donors (Lipinski definition) is 0. The second-order valence-corrected chi connectivity index (χ2v) is 4.66. The Morgan fingerprint density at radius 3 is 2.75 bits per heavy atom. The van der Waals surface area contributed by atoms with Crippen molar-refractivity contribution in [2.75, 3.05) is 7.11 Å². The molecule has 1 aromatic rings. The smallest absolute Gasteiger partial charge is 0.151 e. The summed E-state index contributed by atoms with van der Waals surface area (Å²) in [6, 6.07) is 5.17. The van der Waals surface area contributed by atoms with Crippen LogP contribution in [0.2, 0.25) is 0 Å². The van der Waals surface area contributed by atoms with Gasteiger partial charge in [0, 0.05) is 4.47 Å². The predicted octanol–water partition coefficient (Wildman–Crippen LogP) is 2.72. The minimum absolute atomic E-state index is 0.480. The number of benzene rings is 1. The van der Waals surface area contributed by atoms with Crippen molar-refractivity contribution < 1.29 is 8.95 Å². The zero-order valence-electron chi connectivity index (χ0n) is 6.21. The highest BCUT2D eigenvalue weighted by atomic mass is 79.9. The van der Waals surface area contributed by atoms with Gasteiger partial charge >= 0.3 is 0 Å². The van der Waals surface area contributed by atoms with Crippen LogP contribution in [0.4, 0.5) is 0 Å². The zero-order valence-corrected chi connectivity index (χ0v) is 9.37. The molecule has 66 valence electrons. The van der Waals surface area contributed by atoms with Crippen LogP contribution in [0.1, 0.15) is 0 Å². The van der Waals surface area contributed by atoms with Crippen molar-refractivity contribution in [3.63, 3.8) is 0 Å². The quantitative estimate of drug-likeness (QED) is 0.772. The molecule has 0 saturated heterocycles. The third-order valence-electron chi connectivity index (χ3n) is 1.30. The van der Waals surface area contributed by atoms with Gasteiger partial charge in [0.2, 0.25) is 0 Å². The van der Waals surface area contributed by atoms with Crippen molar-refractivity contribution in [2.45, 2.75) is 4.90 Å². The Morgan fingerprint density at radius 2 is 2.25 bits per heavy atom. The van der Waals surface area contributed by atoms with Gasteiger partial charge in [0.05, 0.1) is 12.0 Å². The van der Waals surface area contributed by atoms with E-state index in [2.05, 4.69) is 15.9 Å². The van der Waals surface area contributed by atoms with Gasteiger partial charge in [-0.2, -0.15) is 0 Å². The molecule has 12 heavy (non-hydrogen) atoms. The van der Waals surface area contributed by atoms with Crippen LogP contribution < -0.4 is 4.74 Å². The van der Waals surface area contributed by atoms with E-state index in [1.165, 1.54) is 7.11 Å². The molecule has 0 spiro atoms. The third kappa shape index (κ3) is 2.21. The average molecular weight is 270 g/mol. The fraction of sp³-hybridized carbons (Fsp3) is 0.143. The summed E-state index contributed by atoms with van der Waals surface area (Å²) in [4.78, 5) is 0.480. The van der Waals surface area contributed by atoms with Gasteiger partial charge in [-0.1, -0.05) is 15.9 Å². The van der Waals surface area contributed by atoms with Gasteiger partial charge in [0.15, 0.2) is 10.0 Å². The summed E-state index contributed by atoms with van der Waals surface area (Å²) in [6.07, 6.45) is 0. The first-order chi connectivity index (χ1) is 5.65. The van der Waals surface area contributed by atoms with Crippen molar-refractivity contribution in [1.82, 2.24) is 0 Å². The zero-order chi connectivity index (χ0) is 9.14. The summed E-state index contributed by atoms with van der Waals surface area (Å²) >= 11 is 3.25. The van der Waals surface area contributed by atoms with E-state index in [9.17, 15) is 4.21 Å². The van der Waals surface area contributed by atoms with Crippen LogP contribution in [0.5, 0.6) is 5.75 Å². The maximum Gasteiger partial charge on any atom is 0.151 e. The van der Waals surface area contributed by atoms with Crippen LogP contribution in [0.25, 0.3) is 0 Å². The molecule has 1 atom stereocenters. The lowest BCUT2D eigenvalue weighted by molar-refractivity contribution is 0.404. The van der Waals surface area contributed by atoms with E-state index in [-0.39, 0.29) is 0 Å². The molecule has 0 aliphatic carbocycles. The first kappa shape index (κ1) is 10.0. The van der Waals surface area contributed by atoms with Crippen LogP contribution in [-0.2, 0) is 10.0 Å². The lowest BCUT2D eigenvalue weighted by atomic mass is 10.3. The van der Waals surface area contributed by atoms with E-state index in [1.807, 2.05) is 0 Å². The molecule has 0 aliphatic heterocycles. The summed E-state index contributed by atoms with van der Waals surface area (Å²) in [5.41, 5.74) is 0. The Balaban J connectivity index is 3.21. The highest BCUT2D eigenvalue weighted by Crippen LogP contribution is 2.27. The highest BCUT2D eigenvalue weighted by Gasteiger charge is 2.08. The fourth-order valence-corrected chi connectivity index (χ4v) is 2.18. The Kier molecular flexibility index (Phi) is 3.55. The maximum absolute atomic E-state index is 11.0. The van der Waals surface area contributed by atoms with Crippen molar-refractivity contribution in [2.24, 2.45) is 0 Å². The first-order valence-corrected chi connectivity index (χ1v) is 5.83. The molecule has 0 fully saturated rings. The molecule has 2 nitrogen and oxygen atoms in total. The van der Waals surface area contributed by atoms with Gasteiger partial charge in [-0.05, 0) is 28.9 Å². The van der Waals surface area contributed by atoms with Crippen LogP contribution in [0, 0.1) is 0 Å². The van der Waals surface area contributed by atoms with E-state index in [0.29, 0.717) is 10.6 Å². The van der Waals surface area contributed by atoms with E-state index in [1.54, 1.807) is 18.2 Å². The van der Waals surface area contributed by atoms with Crippen LogP contribution in [-0.4, -0.2) is 11.3 Å². The second-order valence-electron chi connectivity index (χ2n) is 2.02. The van der Waals surface area contributed by atoms with Gasteiger partial charge in [0.25, 0.3) is 0 Å². The van der Waals surface area contributed by atoms with Gasteiger partial charge < -0.3 is 4.74 Å². The molecule has 0 aromatic heterocycles. The molecule has 0 N–H and O–H groups in total. The van der Waals surface area contributed by atoms with Gasteiger partial charge in [0.1, 0.15) is 5.75 Å². The fourth-order valence-electron chi connectivity index (χ4n) is 0.776. The Labute approximate surface area is 86.0 Å². The molecule has 0 unspecified atom stereocenters. The lowest BCUT2D eigenvalue weighted by Crippen LogP contribution is -1.90. The number of halogens is 2. The largest absolute Gasteiger partial charge is 0.495 e. The number of hydrogen-bond acceptors (Lipinski definition) is 2. The summed E-state index contributed by atoms with van der Waals surface area (Å²) in [5.74, 6) is 0.534. The average Bonchev–Trinajstić information content (AvgIpc) is 2.04. The van der Waals surface area contributed by atoms with E-state index < -0.39 is 10.0 Å². The molecule has 1 rings (SSSR count). The molecule has 0 amide bonds. The topological polar surface area (TPSA) is 26.3 Å². The van der Waals surface area contributed by atoms with Crippen molar-refractivity contribution in [1.29, 1.82) is 0 Å².